The van der Waals surface area contributed by atoms with E-state index in [1.807, 2.05) is 13.8 Å². The lowest BCUT2D eigenvalue weighted by Gasteiger charge is -2.12. The number of rotatable bonds is 6. The monoisotopic (exact) mass is 306 g/mol. The SMILES string of the molecule is CC(C)CCNC(=O)CNc1ccc(F)c(C(F)(F)F)c1. The molecular formula is C14H18F4N2O. The van der Waals surface area contributed by atoms with Gasteiger partial charge in [0.25, 0.3) is 0 Å². The van der Waals surface area contributed by atoms with Crippen molar-refractivity contribution < 1.29 is 22.4 Å². The smallest absolute Gasteiger partial charge is 0.376 e. The molecule has 0 atom stereocenters. The van der Waals surface area contributed by atoms with Crippen LogP contribution in [0, 0.1) is 11.7 Å². The number of amides is 1. The highest BCUT2D eigenvalue weighted by Crippen LogP contribution is 2.32. The van der Waals surface area contributed by atoms with Crippen LogP contribution in [0.1, 0.15) is 25.8 Å². The van der Waals surface area contributed by atoms with Crippen LogP contribution in [-0.4, -0.2) is 19.0 Å². The normalized spacial score (nSPS) is 11.6. The molecule has 0 aliphatic rings. The minimum atomic E-state index is -4.76. The van der Waals surface area contributed by atoms with Crippen molar-refractivity contribution in [2.75, 3.05) is 18.4 Å². The number of carbonyl (C=O) groups excluding carboxylic acids is 1. The molecule has 0 saturated carbocycles. The second-order valence-electron chi connectivity index (χ2n) is 5.08. The lowest BCUT2D eigenvalue weighted by molar-refractivity contribution is -0.139. The molecule has 7 heteroatoms. The van der Waals surface area contributed by atoms with Crippen LogP contribution in [0.3, 0.4) is 0 Å². The first-order valence-corrected chi connectivity index (χ1v) is 6.57. The zero-order valence-electron chi connectivity index (χ0n) is 11.9. The number of hydrogen-bond acceptors (Lipinski definition) is 2. The molecule has 0 aliphatic carbocycles. The minimum absolute atomic E-state index is 0.0442. The Kier molecular flexibility index (Phi) is 5.99. The standard InChI is InChI=1S/C14H18F4N2O/c1-9(2)5-6-19-13(21)8-20-10-3-4-12(15)11(7-10)14(16,17)18/h3-4,7,9,20H,5-6,8H2,1-2H3,(H,19,21). The molecule has 1 amide bonds. The molecule has 3 nitrogen and oxygen atoms in total. The zero-order valence-corrected chi connectivity index (χ0v) is 11.9. The molecule has 2 N–H and O–H groups in total. The maximum absolute atomic E-state index is 13.1. The van der Waals surface area contributed by atoms with Gasteiger partial charge in [-0.25, -0.2) is 4.39 Å². The topological polar surface area (TPSA) is 41.1 Å². The molecule has 0 heterocycles. The van der Waals surface area contributed by atoms with Gasteiger partial charge in [0.05, 0.1) is 12.1 Å². The lowest BCUT2D eigenvalue weighted by atomic mass is 10.1. The van der Waals surface area contributed by atoms with Crippen molar-refractivity contribution in [3.8, 4) is 0 Å². The molecule has 0 fully saturated rings. The summed E-state index contributed by atoms with van der Waals surface area (Å²) in [5.41, 5.74) is -1.31. The molecule has 0 aliphatic heterocycles. The van der Waals surface area contributed by atoms with Crippen molar-refractivity contribution in [1.82, 2.24) is 5.32 Å². The minimum Gasteiger partial charge on any atom is -0.376 e. The van der Waals surface area contributed by atoms with E-state index in [0.29, 0.717) is 18.5 Å². The highest BCUT2D eigenvalue weighted by molar-refractivity contribution is 5.80. The van der Waals surface area contributed by atoms with Crippen LogP contribution in [0.25, 0.3) is 0 Å². The van der Waals surface area contributed by atoms with E-state index in [2.05, 4.69) is 10.6 Å². The first-order chi connectivity index (χ1) is 9.70. The number of hydrogen-bond donors (Lipinski definition) is 2. The van der Waals surface area contributed by atoms with Gasteiger partial charge in [0.1, 0.15) is 5.82 Å². The summed E-state index contributed by atoms with van der Waals surface area (Å²) in [7, 11) is 0. The van der Waals surface area contributed by atoms with E-state index in [-0.39, 0.29) is 18.1 Å². The van der Waals surface area contributed by atoms with E-state index in [0.717, 1.165) is 18.6 Å². The van der Waals surface area contributed by atoms with Crippen LogP contribution in [0.2, 0.25) is 0 Å². The Morgan fingerprint density at radius 3 is 2.52 bits per heavy atom. The second kappa shape index (κ2) is 7.28. The molecule has 0 aromatic heterocycles. The Morgan fingerprint density at radius 1 is 1.29 bits per heavy atom. The summed E-state index contributed by atoms with van der Waals surface area (Å²) in [5, 5.41) is 5.19. The van der Waals surface area contributed by atoms with Crippen LogP contribution in [-0.2, 0) is 11.0 Å². The van der Waals surface area contributed by atoms with E-state index in [1.165, 1.54) is 0 Å². The maximum atomic E-state index is 13.1. The van der Waals surface area contributed by atoms with Crippen molar-refractivity contribution >= 4 is 11.6 Å². The van der Waals surface area contributed by atoms with E-state index in [4.69, 9.17) is 0 Å². The summed E-state index contributed by atoms with van der Waals surface area (Å²) in [4.78, 5) is 11.5. The van der Waals surface area contributed by atoms with Crippen molar-refractivity contribution in [2.24, 2.45) is 5.92 Å². The van der Waals surface area contributed by atoms with Crippen molar-refractivity contribution in [2.45, 2.75) is 26.4 Å². The van der Waals surface area contributed by atoms with E-state index < -0.39 is 17.6 Å². The third-order valence-electron chi connectivity index (χ3n) is 2.77. The number of benzene rings is 1. The van der Waals surface area contributed by atoms with Gasteiger partial charge in [0.2, 0.25) is 5.91 Å². The molecule has 0 unspecified atom stereocenters. The van der Waals surface area contributed by atoms with Crippen molar-refractivity contribution in [1.29, 1.82) is 0 Å². The van der Waals surface area contributed by atoms with Gasteiger partial charge in [-0.05, 0) is 30.5 Å². The van der Waals surface area contributed by atoms with Crippen LogP contribution in [0.4, 0.5) is 23.2 Å². The predicted octanol–water partition coefficient (Wildman–Crippen LogP) is 3.42. The quantitative estimate of drug-likeness (QED) is 0.791. The zero-order chi connectivity index (χ0) is 16.0. The van der Waals surface area contributed by atoms with Crippen molar-refractivity contribution in [3.05, 3.63) is 29.6 Å². The summed E-state index contributed by atoms with van der Waals surface area (Å²) < 4.78 is 50.6. The fourth-order valence-corrected chi connectivity index (χ4v) is 1.60. The van der Waals surface area contributed by atoms with E-state index in [1.54, 1.807) is 0 Å². The Bertz CT molecular complexity index is 486. The van der Waals surface area contributed by atoms with Crippen molar-refractivity contribution in [3.63, 3.8) is 0 Å². The fraction of sp³-hybridized carbons (Fsp3) is 0.500. The molecule has 0 spiro atoms. The molecule has 0 saturated heterocycles. The van der Waals surface area contributed by atoms with Gasteiger partial charge in [0.15, 0.2) is 0 Å². The van der Waals surface area contributed by atoms with Gasteiger partial charge >= 0.3 is 6.18 Å². The first kappa shape index (κ1) is 17.3. The van der Waals surface area contributed by atoms with Gasteiger partial charge in [-0.1, -0.05) is 13.8 Å². The maximum Gasteiger partial charge on any atom is 0.419 e. The molecule has 1 rings (SSSR count). The van der Waals surface area contributed by atoms with Crippen LogP contribution in [0.5, 0.6) is 0 Å². The Labute approximate surface area is 120 Å². The Hall–Kier alpha value is -1.79. The third-order valence-corrected chi connectivity index (χ3v) is 2.77. The molecular weight excluding hydrogens is 288 g/mol. The fourth-order valence-electron chi connectivity index (χ4n) is 1.60. The lowest BCUT2D eigenvalue weighted by Crippen LogP contribution is -2.31. The Morgan fingerprint density at radius 2 is 1.95 bits per heavy atom. The largest absolute Gasteiger partial charge is 0.419 e. The highest BCUT2D eigenvalue weighted by atomic mass is 19.4. The predicted molar refractivity (Wildman–Crippen MR) is 72.4 cm³/mol. The van der Waals surface area contributed by atoms with Crippen LogP contribution < -0.4 is 10.6 Å². The third kappa shape index (κ3) is 6.01. The van der Waals surface area contributed by atoms with Crippen LogP contribution in [0.15, 0.2) is 18.2 Å². The Balaban J connectivity index is 2.54. The summed E-state index contributed by atoms with van der Waals surface area (Å²) in [6.45, 7) is 4.37. The number of halogens is 4. The molecule has 0 radical (unpaired) electrons. The van der Waals surface area contributed by atoms with Gasteiger partial charge < -0.3 is 10.6 Å². The van der Waals surface area contributed by atoms with Gasteiger partial charge in [0, 0.05) is 12.2 Å². The van der Waals surface area contributed by atoms with Gasteiger partial charge in [-0.15, -0.1) is 0 Å². The molecule has 1 aromatic rings. The second-order valence-corrected chi connectivity index (χ2v) is 5.08. The molecule has 1 aromatic carbocycles. The number of carbonyl (C=O) groups is 1. The van der Waals surface area contributed by atoms with E-state index in [9.17, 15) is 22.4 Å². The number of alkyl halides is 3. The molecule has 21 heavy (non-hydrogen) atoms. The summed E-state index contributed by atoms with van der Waals surface area (Å²) in [6.07, 6.45) is -3.94. The summed E-state index contributed by atoms with van der Waals surface area (Å²) in [5.74, 6) is -1.22. The molecule has 118 valence electrons. The highest BCUT2D eigenvalue weighted by Gasteiger charge is 2.34. The summed E-state index contributed by atoms with van der Waals surface area (Å²) in [6, 6.07) is 2.53. The number of nitrogens with one attached hydrogen (secondary N) is 2. The average Bonchev–Trinajstić information content (AvgIpc) is 2.36. The van der Waals surface area contributed by atoms with Gasteiger partial charge in [-0.3, -0.25) is 4.79 Å². The average molecular weight is 306 g/mol. The number of anilines is 1. The van der Waals surface area contributed by atoms with Gasteiger partial charge in [-0.2, -0.15) is 13.2 Å². The van der Waals surface area contributed by atoms with Crippen LogP contribution >= 0.6 is 0 Å². The van der Waals surface area contributed by atoms with E-state index >= 15 is 0 Å². The first-order valence-electron chi connectivity index (χ1n) is 6.57. The molecule has 0 bridgehead atoms. The summed E-state index contributed by atoms with van der Waals surface area (Å²) >= 11 is 0.